The maximum Gasteiger partial charge on any atom is 0.416 e. The summed E-state index contributed by atoms with van der Waals surface area (Å²) in [5.41, 5.74) is -1.96. The smallest absolute Gasteiger partial charge is 0.416 e. The predicted molar refractivity (Wildman–Crippen MR) is 134 cm³/mol. The molecule has 0 bridgehead atoms. The number of benzene rings is 3. The SMILES string of the molecule is O=C(O)CN=C(NC(=O)c1ccc(Cl)cc1)N1CC(O)(c2ccccc2)C(c2ccc(C(F)(F)F)cc2)=N1. The number of rotatable bonds is 5. The normalized spacial score (nSPS) is 17.8. The number of hydrogen-bond acceptors (Lipinski definition) is 5. The second kappa shape index (κ2) is 10.6. The fourth-order valence-corrected chi connectivity index (χ4v) is 3.94. The van der Waals surface area contributed by atoms with Crippen LogP contribution in [0.1, 0.15) is 27.0 Å². The zero-order chi connectivity index (χ0) is 27.5. The van der Waals surface area contributed by atoms with Gasteiger partial charge in [0.15, 0.2) is 5.60 Å². The van der Waals surface area contributed by atoms with Crippen LogP contribution >= 0.6 is 11.6 Å². The number of aliphatic hydroxyl groups is 1. The van der Waals surface area contributed by atoms with Gasteiger partial charge in [-0.25, -0.2) is 10.0 Å². The highest BCUT2D eigenvalue weighted by atomic mass is 35.5. The quantitative estimate of drug-likeness (QED) is 0.330. The monoisotopic (exact) mass is 544 g/mol. The Bertz CT molecular complexity index is 1390. The molecule has 0 aliphatic carbocycles. The largest absolute Gasteiger partial charge is 0.480 e. The highest BCUT2D eigenvalue weighted by molar-refractivity contribution is 6.30. The van der Waals surface area contributed by atoms with Crippen LogP contribution in [0.4, 0.5) is 13.2 Å². The molecule has 1 heterocycles. The van der Waals surface area contributed by atoms with Gasteiger partial charge in [-0.15, -0.1) is 0 Å². The number of nitrogens with zero attached hydrogens (tertiary/aromatic N) is 3. The average Bonchev–Trinajstić information content (AvgIpc) is 3.25. The fraction of sp³-hybridized carbons (Fsp3) is 0.154. The van der Waals surface area contributed by atoms with E-state index in [-0.39, 0.29) is 29.3 Å². The van der Waals surface area contributed by atoms with Crippen molar-refractivity contribution in [3.05, 3.63) is 106 Å². The molecule has 0 aromatic heterocycles. The molecule has 8 nitrogen and oxygen atoms in total. The first kappa shape index (κ1) is 26.8. The van der Waals surface area contributed by atoms with Crippen LogP contribution in [0.3, 0.4) is 0 Å². The summed E-state index contributed by atoms with van der Waals surface area (Å²) in [5.74, 6) is -2.21. The molecule has 0 radical (unpaired) electrons. The van der Waals surface area contributed by atoms with E-state index in [9.17, 15) is 27.9 Å². The van der Waals surface area contributed by atoms with E-state index >= 15 is 0 Å². The molecular formula is C26H20ClF3N4O4. The van der Waals surface area contributed by atoms with E-state index < -0.39 is 35.8 Å². The third kappa shape index (κ3) is 5.84. The molecule has 1 aliphatic heterocycles. The van der Waals surface area contributed by atoms with Crippen LogP contribution in [-0.4, -0.2) is 51.9 Å². The first-order valence-corrected chi connectivity index (χ1v) is 11.5. The van der Waals surface area contributed by atoms with Gasteiger partial charge in [-0.2, -0.15) is 18.3 Å². The number of hydrogen-bond donors (Lipinski definition) is 3. The summed E-state index contributed by atoms with van der Waals surface area (Å²) in [7, 11) is 0. The van der Waals surface area contributed by atoms with E-state index in [0.29, 0.717) is 10.6 Å². The van der Waals surface area contributed by atoms with Crippen LogP contribution in [0, 0.1) is 0 Å². The van der Waals surface area contributed by atoms with Crippen molar-refractivity contribution in [3.8, 4) is 0 Å². The van der Waals surface area contributed by atoms with Crippen molar-refractivity contribution in [1.82, 2.24) is 10.3 Å². The van der Waals surface area contributed by atoms with Crippen LogP contribution in [0.2, 0.25) is 5.02 Å². The molecule has 4 rings (SSSR count). The second-order valence-electron chi connectivity index (χ2n) is 8.30. The number of guanidine groups is 1. The van der Waals surface area contributed by atoms with E-state index in [4.69, 9.17) is 16.7 Å². The number of β-amino-alcohol motifs (C(OH)–C–C–N with tert-alkyl or cyclic N) is 1. The van der Waals surface area contributed by atoms with E-state index in [1.807, 2.05) is 0 Å². The first-order valence-electron chi connectivity index (χ1n) is 11.1. The Labute approximate surface area is 219 Å². The number of hydrazone groups is 1. The van der Waals surface area contributed by atoms with E-state index in [1.54, 1.807) is 30.3 Å². The molecule has 1 atom stereocenters. The van der Waals surface area contributed by atoms with Gasteiger partial charge in [0.05, 0.1) is 12.1 Å². The summed E-state index contributed by atoms with van der Waals surface area (Å²) in [6.07, 6.45) is -4.56. The lowest BCUT2D eigenvalue weighted by atomic mass is 9.85. The predicted octanol–water partition coefficient (Wildman–Crippen LogP) is 4.14. The molecule has 0 saturated heterocycles. The summed E-state index contributed by atoms with van der Waals surface area (Å²) in [5, 5.41) is 29.3. The molecule has 0 saturated carbocycles. The van der Waals surface area contributed by atoms with Gasteiger partial charge in [-0.3, -0.25) is 14.9 Å². The van der Waals surface area contributed by atoms with Crippen molar-refractivity contribution in [3.63, 3.8) is 0 Å². The number of carbonyl (C=O) groups excluding carboxylic acids is 1. The standard InChI is InChI=1S/C26H20ClF3N4O4/c27-20-12-8-17(9-13-20)23(37)32-24(31-14-21(35)36)34-15-25(38,18-4-2-1-3-5-18)22(33-34)16-6-10-19(11-7-16)26(28,29)30/h1-13,38H,14-15H2,(H,35,36)(H,31,32,37). The van der Waals surface area contributed by atoms with Crippen molar-refractivity contribution in [1.29, 1.82) is 0 Å². The van der Waals surface area contributed by atoms with Crippen LogP contribution in [-0.2, 0) is 16.6 Å². The number of carboxylic acids is 1. The lowest BCUT2D eigenvalue weighted by molar-refractivity contribution is -0.137. The minimum Gasteiger partial charge on any atom is -0.480 e. The molecule has 3 aromatic carbocycles. The Kier molecular flexibility index (Phi) is 7.51. The molecule has 1 aliphatic rings. The average molecular weight is 545 g/mol. The first-order chi connectivity index (χ1) is 18.0. The molecule has 12 heteroatoms. The molecule has 1 amide bonds. The number of carboxylic acid groups (broad SMARTS) is 1. The number of amides is 1. The fourth-order valence-electron chi connectivity index (χ4n) is 3.81. The molecule has 38 heavy (non-hydrogen) atoms. The van der Waals surface area contributed by atoms with E-state index in [1.165, 1.54) is 36.4 Å². The van der Waals surface area contributed by atoms with Crippen molar-refractivity contribution >= 4 is 35.1 Å². The van der Waals surface area contributed by atoms with Crippen molar-refractivity contribution in [2.45, 2.75) is 11.8 Å². The number of aliphatic imine (C=N–C) groups is 1. The summed E-state index contributed by atoms with van der Waals surface area (Å²) >= 11 is 5.87. The molecule has 3 N–H and O–H groups in total. The topological polar surface area (TPSA) is 115 Å². The number of aliphatic carboxylic acids is 1. The Morgan fingerprint density at radius 3 is 2.24 bits per heavy atom. The van der Waals surface area contributed by atoms with Gasteiger partial charge in [0.1, 0.15) is 12.3 Å². The molecule has 0 fully saturated rings. The maximum absolute atomic E-state index is 13.1. The summed E-state index contributed by atoms with van der Waals surface area (Å²) in [4.78, 5) is 28.0. The van der Waals surface area contributed by atoms with Crippen molar-refractivity contribution in [2.24, 2.45) is 10.1 Å². The third-order valence-electron chi connectivity index (χ3n) is 5.67. The van der Waals surface area contributed by atoms with Crippen LogP contribution in [0.5, 0.6) is 0 Å². The summed E-state index contributed by atoms with van der Waals surface area (Å²) < 4.78 is 39.3. The Morgan fingerprint density at radius 2 is 1.66 bits per heavy atom. The number of nitrogens with one attached hydrogen (secondary N) is 1. The molecule has 196 valence electrons. The van der Waals surface area contributed by atoms with Gasteiger partial charge in [-0.1, -0.05) is 54.1 Å². The lowest BCUT2D eigenvalue weighted by Crippen LogP contribution is -2.45. The summed E-state index contributed by atoms with van der Waals surface area (Å²) in [6.45, 7) is -1.03. The second-order valence-corrected chi connectivity index (χ2v) is 8.74. The van der Waals surface area contributed by atoms with E-state index in [0.717, 1.165) is 17.1 Å². The van der Waals surface area contributed by atoms with Crippen molar-refractivity contribution < 1.29 is 33.0 Å². The molecule has 0 spiro atoms. The van der Waals surface area contributed by atoms with Gasteiger partial charge in [0.2, 0.25) is 5.96 Å². The van der Waals surface area contributed by atoms with Gasteiger partial charge >= 0.3 is 12.1 Å². The molecule has 3 aromatic rings. The maximum atomic E-state index is 13.1. The summed E-state index contributed by atoms with van der Waals surface area (Å²) in [6, 6.07) is 18.3. The Balaban J connectivity index is 1.75. The van der Waals surface area contributed by atoms with Gasteiger partial charge in [0, 0.05) is 16.1 Å². The van der Waals surface area contributed by atoms with Gasteiger partial charge in [-0.05, 0) is 42.0 Å². The molecule has 1 unspecified atom stereocenters. The third-order valence-corrected chi connectivity index (χ3v) is 5.92. The van der Waals surface area contributed by atoms with Crippen LogP contribution in [0.25, 0.3) is 0 Å². The van der Waals surface area contributed by atoms with Gasteiger partial charge < -0.3 is 10.2 Å². The minimum atomic E-state index is -4.56. The zero-order valence-corrected chi connectivity index (χ0v) is 20.2. The highest BCUT2D eigenvalue weighted by Gasteiger charge is 2.45. The Hall–Kier alpha value is -4.22. The van der Waals surface area contributed by atoms with E-state index in [2.05, 4.69) is 15.4 Å². The van der Waals surface area contributed by atoms with Crippen LogP contribution < -0.4 is 5.32 Å². The highest BCUT2D eigenvalue weighted by Crippen LogP contribution is 2.35. The molecular weight excluding hydrogens is 525 g/mol. The Morgan fingerprint density at radius 1 is 1.03 bits per heavy atom. The van der Waals surface area contributed by atoms with Crippen LogP contribution in [0.15, 0.2) is 89.0 Å². The number of carbonyl (C=O) groups is 2. The number of alkyl halides is 3. The zero-order valence-electron chi connectivity index (χ0n) is 19.5. The minimum absolute atomic E-state index is 0.0128. The van der Waals surface area contributed by atoms with Crippen molar-refractivity contribution in [2.75, 3.05) is 13.1 Å². The van der Waals surface area contributed by atoms with Gasteiger partial charge in [0.25, 0.3) is 5.91 Å². The lowest BCUT2D eigenvalue weighted by Gasteiger charge is -2.26. The number of halogens is 4.